The van der Waals surface area contributed by atoms with Crippen molar-refractivity contribution in [2.24, 2.45) is 0 Å². The topological polar surface area (TPSA) is 56.1 Å². The molecule has 0 aliphatic carbocycles. The molecular weight excluding hydrogens is 283 g/mol. The van der Waals surface area contributed by atoms with Crippen LogP contribution in [0.25, 0.3) is 0 Å². The molecule has 4 nitrogen and oxygen atoms in total. The van der Waals surface area contributed by atoms with Crippen LogP contribution in [0.4, 0.5) is 18.9 Å². The van der Waals surface area contributed by atoms with Gasteiger partial charge >= 0.3 is 6.18 Å². The molecule has 1 amide bonds. The average Bonchev–Trinajstić information content (AvgIpc) is 2.37. The molecule has 114 valence electrons. The predicted octanol–water partition coefficient (Wildman–Crippen LogP) is 2.77. The number of nitrogens with zero attached hydrogens (tertiary/aromatic N) is 2. The Balaban J connectivity index is 2.58. The number of halogens is 3. The molecule has 0 saturated heterocycles. The minimum atomic E-state index is -4.33. The summed E-state index contributed by atoms with van der Waals surface area (Å²) in [5.74, 6) is -0.516. The van der Waals surface area contributed by atoms with Crippen LogP contribution in [0, 0.1) is 11.3 Å². The van der Waals surface area contributed by atoms with Crippen molar-refractivity contribution in [3.63, 3.8) is 0 Å². The summed E-state index contributed by atoms with van der Waals surface area (Å²) in [6.07, 6.45) is -3.80. The first-order valence-corrected chi connectivity index (χ1v) is 6.43. The van der Waals surface area contributed by atoms with E-state index >= 15 is 0 Å². The zero-order valence-electron chi connectivity index (χ0n) is 11.6. The predicted molar refractivity (Wildman–Crippen MR) is 72.6 cm³/mol. The fraction of sp³-hybridized carbons (Fsp3) is 0.429. The summed E-state index contributed by atoms with van der Waals surface area (Å²) in [4.78, 5) is 12.8. The number of hydrogen-bond donors (Lipinski definition) is 1. The summed E-state index contributed by atoms with van der Waals surface area (Å²) in [6.45, 7) is 0.511. The van der Waals surface area contributed by atoms with Crippen molar-refractivity contribution < 1.29 is 18.0 Å². The summed E-state index contributed by atoms with van der Waals surface area (Å²) < 4.78 is 37.2. The van der Waals surface area contributed by atoms with E-state index in [9.17, 15) is 18.0 Å². The quantitative estimate of drug-likeness (QED) is 0.878. The molecule has 7 heteroatoms. The molecule has 0 unspecified atom stereocenters. The number of hydrogen-bond acceptors (Lipinski definition) is 3. The highest BCUT2D eigenvalue weighted by molar-refractivity contribution is 5.92. The van der Waals surface area contributed by atoms with E-state index in [4.69, 9.17) is 5.26 Å². The van der Waals surface area contributed by atoms with Crippen molar-refractivity contribution in [2.75, 3.05) is 25.0 Å². The van der Waals surface area contributed by atoms with Crippen LogP contribution in [0.15, 0.2) is 24.3 Å². The van der Waals surface area contributed by atoms with Crippen LogP contribution in [0.2, 0.25) is 0 Å². The van der Waals surface area contributed by atoms with E-state index in [0.29, 0.717) is 17.7 Å². The van der Waals surface area contributed by atoms with Gasteiger partial charge < -0.3 is 5.32 Å². The Morgan fingerprint density at radius 3 is 2.43 bits per heavy atom. The van der Waals surface area contributed by atoms with E-state index in [2.05, 4.69) is 5.32 Å². The number of amides is 1. The molecule has 1 N–H and O–H groups in total. The second-order valence-corrected chi connectivity index (χ2v) is 4.56. The number of carbonyl (C=O) groups is 1. The van der Waals surface area contributed by atoms with Gasteiger partial charge in [0.05, 0.1) is 24.7 Å². The molecule has 0 atom stereocenters. The van der Waals surface area contributed by atoms with Crippen LogP contribution in [0.5, 0.6) is 0 Å². The third-order valence-electron chi connectivity index (χ3n) is 2.61. The summed E-state index contributed by atoms with van der Waals surface area (Å²) in [5, 5.41) is 11.2. The maximum Gasteiger partial charge on any atom is 0.401 e. The van der Waals surface area contributed by atoms with E-state index in [1.165, 1.54) is 24.3 Å². The highest BCUT2D eigenvalue weighted by atomic mass is 19.4. The zero-order valence-corrected chi connectivity index (χ0v) is 11.6. The van der Waals surface area contributed by atoms with Crippen LogP contribution < -0.4 is 5.32 Å². The summed E-state index contributed by atoms with van der Waals surface area (Å²) >= 11 is 0. The van der Waals surface area contributed by atoms with E-state index in [1.54, 1.807) is 6.92 Å². The van der Waals surface area contributed by atoms with Crippen molar-refractivity contribution in [3.05, 3.63) is 29.8 Å². The number of benzene rings is 1. The molecule has 1 aromatic rings. The Labute approximate surface area is 121 Å². The van der Waals surface area contributed by atoms with Crippen LogP contribution in [-0.4, -0.2) is 36.6 Å². The third-order valence-corrected chi connectivity index (χ3v) is 2.61. The first-order chi connectivity index (χ1) is 9.84. The normalized spacial score (nSPS) is 11.2. The minimum absolute atomic E-state index is 0.195. The fourth-order valence-electron chi connectivity index (χ4n) is 1.82. The van der Waals surface area contributed by atoms with Gasteiger partial charge in [-0.2, -0.15) is 18.4 Å². The second-order valence-electron chi connectivity index (χ2n) is 4.56. The highest BCUT2D eigenvalue weighted by Crippen LogP contribution is 2.16. The van der Waals surface area contributed by atoms with Crippen molar-refractivity contribution in [3.8, 4) is 6.07 Å². The summed E-state index contributed by atoms with van der Waals surface area (Å²) in [6, 6.07) is 8.05. The maximum atomic E-state index is 12.4. The second kappa shape index (κ2) is 7.64. The Hall–Kier alpha value is -2.07. The average molecular weight is 299 g/mol. The van der Waals surface area contributed by atoms with Gasteiger partial charge in [-0.25, -0.2) is 0 Å². The number of nitriles is 1. The molecule has 0 radical (unpaired) electrons. The standard InChI is InChI=1S/C14H16F3N3O/c1-2-7-20(10-14(15,16)17)9-13(21)19-12-5-3-11(8-18)4-6-12/h3-6H,2,7,9-10H2,1H3,(H,19,21). The van der Waals surface area contributed by atoms with Crippen LogP contribution in [-0.2, 0) is 4.79 Å². The SMILES string of the molecule is CCCN(CC(=O)Nc1ccc(C#N)cc1)CC(F)(F)F. The first kappa shape index (κ1) is 17.0. The summed E-state index contributed by atoms with van der Waals surface area (Å²) in [5.41, 5.74) is 0.889. The van der Waals surface area contributed by atoms with E-state index < -0.39 is 18.6 Å². The number of nitrogens with one attached hydrogen (secondary N) is 1. The van der Waals surface area contributed by atoms with Crippen LogP contribution in [0.3, 0.4) is 0 Å². The third kappa shape index (κ3) is 6.77. The molecule has 0 saturated carbocycles. The van der Waals surface area contributed by atoms with Gasteiger partial charge in [-0.15, -0.1) is 0 Å². The van der Waals surface area contributed by atoms with Crippen molar-refractivity contribution in [2.45, 2.75) is 19.5 Å². The highest BCUT2D eigenvalue weighted by Gasteiger charge is 2.31. The Kier molecular flexibility index (Phi) is 6.18. The monoisotopic (exact) mass is 299 g/mol. The molecule has 0 fully saturated rings. The number of anilines is 1. The lowest BCUT2D eigenvalue weighted by atomic mass is 10.2. The lowest BCUT2D eigenvalue weighted by Gasteiger charge is -2.22. The van der Waals surface area contributed by atoms with Crippen LogP contribution >= 0.6 is 0 Å². The van der Waals surface area contributed by atoms with E-state index in [-0.39, 0.29) is 13.1 Å². The molecule has 0 aromatic heterocycles. The van der Waals surface area contributed by atoms with Gasteiger partial charge in [-0.3, -0.25) is 9.69 Å². The number of rotatable bonds is 6. The Morgan fingerprint density at radius 1 is 1.33 bits per heavy atom. The molecule has 1 aromatic carbocycles. The van der Waals surface area contributed by atoms with Gasteiger partial charge in [-0.05, 0) is 37.2 Å². The Bertz CT molecular complexity index is 506. The number of carbonyl (C=O) groups excluding carboxylic acids is 1. The molecular formula is C14H16F3N3O. The maximum absolute atomic E-state index is 12.4. The van der Waals surface area contributed by atoms with E-state index in [0.717, 1.165) is 4.90 Å². The van der Waals surface area contributed by atoms with Crippen LogP contribution in [0.1, 0.15) is 18.9 Å². The molecule has 0 aliphatic rings. The van der Waals surface area contributed by atoms with Gasteiger partial charge in [0.15, 0.2) is 0 Å². The molecule has 0 spiro atoms. The largest absolute Gasteiger partial charge is 0.401 e. The molecule has 0 heterocycles. The minimum Gasteiger partial charge on any atom is -0.325 e. The first-order valence-electron chi connectivity index (χ1n) is 6.43. The zero-order chi connectivity index (χ0) is 15.9. The Morgan fingerprint density at radius 2 is 1.95 bits per heavy atom. The van der Waals surface area contributed by atoms with Gasteiger partial charge in [0.25, 0.3) is 0 Å². The van der Waals surface area contributed by atoms with Crippen molar-refractivity contribution in [1.29, 1.82) is 5.26 Å². The van der Waals surface area contributed by atoms with Gasteiger partial charge in [0, 0.05) is 5.69 Å². The molecule has 21 heavy (non-hydrogen) atoms. The van der Waals surface area contributed by atoms with Gasteiger partial charge in [0.1, 0.15) is 0 Å². The molecule has 0 bridgehead atoms. The smallest absolute Gasteiger partial charge is 0.325 e. The van der Waals surface area contributed by atoms with Crippen molar-refractivity contribution in [1.82, 2.24) is 4.90 Å². The lowest BCUT2D eigenvalue weighted by Crippen LogP contribution is -2.40. The molecule has 0 aliphatic heterocycles. The number of alkyl halides is 3. The lowest BCUT2D eigenvalue weighted by molar-refractivity contribution is -0.147. The van der Waals surface area contributed by atoms with Gasteiger partial charge in [0.2, 0.25) is 5.91 Å². The van der Waals surface area contributed by atoms with E-state index in [1.807, 2.05) is 6.07 Å². The summed E-state index contributed by atoms with van der Waals surface area (Å²) in [7, 11) is 0. The fourth-order valence-corrected chi connectivity index (χ4v) is 1.82. The van der Waals surface area contributed by atoms with Gasteiger partial charge in [-0.1, -0.05) is 6.92 Å². The van der Waals surface area contributed by atoms with Crippen molar-refractivity contribution >= 4 is 11.6 Å². The molecule has 1 rings (SSSR count).